The molecule has 2 rings (SSSR count). The number of carboxylic acids is 1. The van der Waals surface area contributed by atoms with Crippen LogP contribution in [0.5, 0.6) is 0 Å². The maximum atomic E-state index is 12.3. The number of carbonyl (C=O) groups is 1. The number of rotatable bonds is 6. The molecule has 112 valence electrons. The quantitative estimate of drug-likeness (QED) is 0.815. The van der Waals surface area contributed by atoms with Crippen LogP contribution in [0.3, 0.4) is 0 Å². The Kier molecular flexibility index (Phi) is 5.15. The third-order valence-electron chi connectivity index (χ3n) is 2.68. The second-order valence-corrected chi connectivity index (χ2v) is 8.62. The molecular weight excluding hydrogens is 378 g/mol. The maximum Gasteiger partial charge on any atom is 0.250 e. The van der Waals surface area contributed by atoms with Crippen LogP contribution in [0.15, 0.2) is 50.5 Å². The first-order valence-corrected chi connectivity index (χ1v) is 9.00. The highest BCUT2D eigenvalue weighted by Gasteiger charge is 2.23. The van der Waals surface area contributed by atoms with Gasteiger partial charge in [-0.05, 0) is 33.6 Å². The van der Waals surface area contributed by atoms with Crippen molar-refractivity contribution in [3.8, 4) is 0 Å². The van der Waals surface area contributed by atoms with E-state index >= 15 is 0 Å². The summed E-state index contributed by atoms with van der Waals surface area (Å²) in [5, 5.41) is 10.9. The Labute approximate surface area is 134 Å². The third-order valence-corrected chi connectivity index (χ3v) is 6.27. The summed E-state index contributed by atoms with van der Waals surface area (Å²) in [5.74, 6) is -1.32. The number of carboxylic acid groups (broad SMARTS) is 1. The van der Waals surface area contributed by atoms with Gasteiger partial charge in [0.25, 0.3) is 10.0 Å². The van der Waals surface area contributed by atoms with Crippen LogP contribution in [0.4, 0.5) is 0 Å². The van der Waals surface area contributed by atoms with Gasteiger partial charge >= 0.3 is 0 Å². The molecule has 1 aromatic heterocycles. The predicted octanol–water partition coefficient (Wildman–Crippen LogP) is 1.67. The highest BCUT2D eigenvalue weighted by atomic mass is 79.9. The average molecular weight is 389 g/mol. The van der Waals surface area contributed by atoms with Gasteiger partial charge in [0.1, 0.15) is 4.21 Å². The number of halogens is 1. The van der Waals surface area contributed by atoms with Gasteiger partial charge < -0.3 is 9.90 Å². The summed E-state index contributed by atoms with van der Waals surface area (Å²) in [6, 6.07) is 10.7. The molecule has 1 heterocycles. The van der Waals surface area contributed by atoms with Gasteiger partial charge in [-0.1, -0.05) is 30.3 Å². The summed E-state index contributed by atoms with van der Waals surface area (Å²) < 4.78 is 27.8. The Balaban J connectivity index is 2.29. The van der Waals surface area contributed by atoms with E-state index in [0.717, 1.165) is 11.3 Å². The fraction of sp³-hybridized carbons (Fsp3) is 0.154. The zero-order valence-electron chi connectivity index (χ0n) is 10.7. The van der Waals surface area contributed by atoms with Gasteiger partial charge in [0.05, 0.1) is 9.83 Å². The zero-order chi connectivity index (χ0) is 15.5. The largest absolute Gasteiger partial charge is 0.550 e. The Hall–Kier alpha value is -1.22. The Morgan fingerprint density at radius 2 is 1.90 bits per heavy atom. The van der Waals surface area contributed by atoms with Crippen molar-refractivity contribution in [2.45, 2.75) is 16.7 Å². The minimum atomic E-state index is -3.79. The molecule has 0 amide bonds. The van der Waals surface area contributed by atoms with E-state index in [2.05, 4.69) is 20.7 Å². The molecular formula is C13H11BrNO4S2-. The van der Waals surface area contributed by atoms with Gasteiger partial charge in [0, 0.05) is 12.4 Å². The molecule has 8 heteroatoms. The molecule has 0 bridgehead atoms. The molecule has 0 radical (unpaired) electrons. The third kappa shape index (κ3) is 4.37. The Bertz CT molecular complexity index is 728. The molecule has 1 atom stereocenters. The van der Waals surface area contributed by atoms with E-state index in [0.29, 0.717) is 9.35 Å². The van der Waals surface area contributed by atoms with E-state index < -0.39 is 28.5 Å². The van der Waals surface area contributed by atoms with E-state index in [9.17, 15) is 18.3 Å². The summed E-state index contributed by atoms with van der Waals surface area (Å²) in [6.45, 7) is 0. The number of benzene rings is 1. The van der Waals surface area contributed by atoms with Crippen LogP contribution >= 0.6 is 27.3 Å². The average Bonchev–Trinajstić information content (AvgIpc) is 2.86. The molecule has 2 aromatic rings. The van der Waals surface area contributed by atoms with Gasteiger partial charge in [-0.15, -0.1) is 11.3 Å². The van der Waals surface area contributed by atoms with Crippen LogP contribution in [0.1, 0.15) is 18.0 Å². The van der Waals surface area contributed by atoms with Gasteiger partial charge in [-0.2, -0.15) is 0 Å². The summed E-state index contributed by atoms with van der Waals surface area (Å²) in [5.41, 5.74) is 0.570. The second kappa shape index (κ2) is 6.69. The van der Waals surface area contributed by atoms with Crippen LogP contribution in [-0.2, 0) is 14.8 Å². The van der Waals surface area contributed by atoms with E-state index in [1.807, 2.05) is 0 Å². The van der Waals surface area contributed by atoms with Gasteiger partial charge in [-0.3, -0.25) is 0 Å². The number of aliphatic carboxylic acids is 1. The predicted molar refractivity (Wildman–Crippen MR) is 81.1 cm³/mol. The molecule has 0 saturated carbocycles. The normalized spacial score (nSPS) is 13.0. The summed E-state index contributed by atoms with van der Waals surface area (Å²) in [7, 11) is -3.79. The first-order valence-electron chi connectivity index (χ1n) is 5.91. The molecule has 1 N–H and O–H groups in total. The lowest BCUT2D eigenvalue weighted by molar-refractivity contribution is -0.306. The van der Waals surface area contributed by atoms with Crippen molar-refractivity contribution in [2.75, 3.05) is 0 Å². The molecule has 1 aromatic carbocycles. The Morgan fingerprint density at radius 1 is 1.24 bits per heavy atom. The van der Waals surface area contributed by atoms with Gasteiger partial charge in [-0.25, -0.2) is 13.1 Å². The second-order valence-electron chi connectivity index (χ2n) is 4.22. The molecule has 0 aliphatic heterocycles. The van der Waals surface area contributed by atoms with Crippen LogP contribution in [0.2, 0.25) is 0 Å². The van der Waals surface area contributed by atoms with Crippen LogP contribution in [0, 0.1) is 0 Å². The van der Waals surface area contributed by atoms with E-state index in [1.165, 1.54) is 6.07 Å². The SMILES string of the molecule is O=C([O-])CC(NS(=O)(=O)c1ccc(Br)s1)c1ccccc1. The van der Waals surface area contributed by atoms with E-state index in [-0.39, 0.29) is 4.21 Å². The molecule has 0 saturated heterocycles. The molecule has 0 aliphatic carbocycles. The van der Waals surface area contributed by atoms with Crippen molar-refractivity contribution in [3.05, 3.63) is 51.8 Å². The molecule has 21 heavy (non-hydrogen) atoms. The minimum Gasteiger partial charge on any atom is -0.550 e. The van der Waals surface area contributed by atoms with E-state index in [1.54, 1.807) is 36.4 Å². The number of sulfonamides is 1. The van der Waals surface area contributed by atoms with Crippen molar-refractivity contribution < 1.29 is 18.3 Å². The number of thiophene rings is 1. The first kappa shape index (κ1) is 16.2. The maximum absolute atomic E-state index is 12.3. The number of nitrogens with one attached hydrogen (secondary N) is 1. The number of carbonyl (C=O) groups excluding carboxylic acids is 1. The lowest BCUT2D eigenvalue weighted by Crippen LogP contribution is -2.34. The van der Waals surface area contributed by atoms with E-state index in [4.69, 9.17) is 0 Å². The summed E-state index contributed by atoms with van der Waals surface area (Å²) in [6.07, 6.45) is -0.435. The summed E-state index contributed by atoms with van der Waals surface area (Å²) in [4.78, 5) is 10.9. The van der Waals surface area contributed by atoms with Crippen molar-refractivity contribution >= 4 is 43.3 Å². The van der Waals surface area contributed by atoms with Gasteiger partial charge in [0.2, 0.25) is 0 Å². The van der Waals surface area contributed by atoms with Gasteiger partial charge in [0.15, 0.2) is 0 Å². The standard InChI is InChI=1S/C13H12BrNO4S2/c14-11-6-7-13(20-11)21(18,19)15-10(8-12(16)17)9-4-2-1-3-5-9/h1-7,10,15H,8H2,(H,16,17)/p-1. The highest BCUT2D eigenvalue weighted by Crippen LogP contribution is 2.28. The monoisotopic (exact) mass is 388 g/mol. The molecule has 1 unspecified atom stereocenters. The smallest absolute Gasteiger partial charge is 0.250 e. The topological polar surface area (TPSA) is 86.3 Å². The minimum absolute atomic E-state index is 0.119. The molecule has 0 fully saturated rings. The molecule has 0 spiro atoms. The van der Waals surface area contributed by atoms with Crippen molar-refractivity contribution in [1.29, 1.82) is 0 Å². The lowest BCUT2D eigenvalue weighted by atomic mass is 10.1. The van der Waals surface area contributed by atoms with Crippen molar-refractivity contribution in [1.82, 2.24) is 4.72 Å². The highest BCUT2D eigenvalue weighted by molar-refractivity contribution is 9.11. The Morgan fingerprint density at radius 3 is 2.43 bits per heavy atom. The van der Waals surface area contributed by atoms with Crippen LogP contribution in [0.25, 0.3) is 0 Å². The number of hydrogen-bond acceptors (Lipinski definition) is 5. The fourth-order valence-corrected chi connectivity index (χ4v) is 5.02. The molecule has 5 nitrogen and oxygen atoms in total. The van der Waals surface area contributed by atoms with Crippen molar-refractivity contribution in [2.24, 2.45) is 0 Å². The molecule has 0 aliphatic rings. The first-order chi connectivity index (χ1) is 9.88. The fourth-order valence-electron chi connectivity index (χ4n) is 1.77. The van der Waals surface area contributed by atoms with Crippen molar-refractivity contribution in [3.63, 3.8) is 0 Å². The van der Waals surface area contributed by atoms with Crippen LogP contribution < -0.4 is 9.83 Å². The number of hydrogen-bond donors (Lipinski definition) is 1. The zero-order valence-corrected chi connectivity index (χ0v) is 13.9. The summed E-state index contributed by atoms with van der Waals surface area (Å²) >= 11 is 4.25. The van der Waals surface area contributed by atoms with Crippen LogP contribution in [-0.4, -0.2) is 14.4 Å². The lowest BCUT2D eigenvalue weighted by Gasteiger charge is -2.19.